The molecule has 0 radical (unpaired) electrons. The van der Waals surface area contributed by atoms with Crippen LogP contribution in [0, 0.1) is 5.82 Å². The summed E-state index contributed by atoms with van der Waals surface area (Å²) < 4.78 is 71.9. The lowest BCUT2D eigenvalue weighted by Gasteiger charge is -2.25. The summed E-state index contributed by atoms with van der Waals surface area (Å²) in [6.07, 6.45) is 4.39. The van der Waals surface area contributed by atoms with Crippen molar-refractivity contribution in [3.05, 3.63) is 59.9 Å². The van der Waals surface area contributed by atoms with Crippen molar-refractivity contribution in [2.45, 2.75) is 17.3 Å². The maximum Gasteiger partial charge on any atom is 0.253 e. The van der Waals surface area contributed by atoms with Crippen LogP contribution in [0.5, 0.6) is 0 Å². The van der Waals surface area contributed by atoms with E-state index in [0.29, 0.717) is 27.4 Å². The number of furan rings is 1. The molecule has 2 N–H and O–H groups in total. The fraction of sp³-hybridized carbons (Fsp3) is 0.333. The van der Waals surface area contributed by atoms with Crippen molar-refractivity contribution in [2.75, 3.05) is 36.5 Å². The van der Waals surface area contributed by atoms with E-state index in [4.69, 9.17) is 10.2 Å². The highest BCUT2D eigenvalue weighted by molar-refractivity contribution is 14.1. The number of aromatic nitrogens is 1. The second-order valence-electron chi connectivity index (χ2n) is 8.56. The van der Waals surface area contributed by atoms with E-state index in [1.54, 1.807) is 12.1 Å². The predicted molar refractivity (Wildman–Crippen MR) is 154 cm³/mol. The Bertz CT molecular complexity index is 1560. The molecule has 2 heterocycles. The Hall–Kier alpha value is -2.56. The molecule has 1 aromatic carbocycles. The van der Waals surface area contributed by atoms with Gasteiger partial charge in [-0.25, -0.2) is 25.5 Å². The summed E-state index contributed by atoms with van der Waals surface area (Å²) >= 11 is 2.05. The average Bonchev–Trinajstić information content (AvgIpc) is 3.20. The molecule has 0 aliphatic rings. The number of pyridine rings is 1. The molecule has 0 unspecified atom stereocenters. The number of alkyl halides is 1. The normalized spacial score (nSPS) is 12.2. The minimum absolute atomic E-state index is 0.0147. The third-order valence-corrected chi connectivity index (χ3v) is 8.97. The second kappa shape index (κ2) is 12.1. The van der Waals surface area contributed by atoms with Crippen LogP contribution in [0.1, 0.15) is 28.8 Å². The summed E-state index contributed by atoms with van der Waals surface area (Å²) in [6, 6.07) is 6.89. The van der Waals surface area contributed by atoms with Crippen LogP contribution < -0.4 is 10.0 Å². The standard InChI is InChI=1S/C24H28FIN4O6S2/c1-4-5-11-29(37(2,32)33)12-6-13-30(38(3,34)35)23-17(15-26)14-19-20(22(27)31)21(36-24(19)28-23)16-7-9-18(25)10-8-16/h4,7-10,14H,1,5-6,11-13,15H2,2-3H3,(H2,27,31). The van der Waals surface area contributed by atoms with E-state index >= 15 is 0 Å². The van der Waals surface area contributed by atoms with E-state index in [1.165, 1.54) is 28.6 Å². The van der Waals surface area contributed by atoms with Gasteiger partial charge in [0.1, 0.15) is 17.4 Å². The third kappa shape index (κ3) is 6.90. The van der Waals surface area contributed by atoms with Crippen molar-refractivity contribution in [2.24, 2.45) is 5.73 Å². The molecule has 0 aliphatic heterocycles. The van der Waals surface area contributed by atoms with E-state index in [1.807, 2.05) is 0 Å². The van der Waals surface area contributed by atoms with Gasteiger partial charge in [0, 0.05) is 35.2 Å². The Morgan fingerprint density at radius 1 is 1.13 bits per heavy atom. The number of nitrogens with two attached hydrogens (primary N) is 1. The maximum absolute atomic E-state index is 13.5. The Morgan fingerprint density at radius 3 is 2.32 bits per heavy atom. The van der Waals surface area contributed by atoms with E-state index < -0.39 is 31.8 Å². The van der Waals surface area contributed by atoms with Crippen molar-refractivity contribution < 1.29 is 30.4 Å². The number of hydrogen-bond acceptors (Lipinski definition) is 7. The Labute approximate surface area is 234 Å². The quantitative estimate of drug-likeness (QED) is 0.165. The highest BCUT2D eigenvalue weighted by atomic mass is 127. The molecule has 10 nitrogen and oxygen atoms in total. The van der Waals surface area contributed by atoms with Gasteiger partial charge < -0.3 is 10.2 Å². The summed E-state index contributed by atoms with van der Waals surface area (Å²) in [5.41, 5.74) is 6.58. The fourth-order valence-electron chi connectivity index (χ4n) is 3.92. The minimum Gasteiger partial charge on any atom is -0.437 e. The molecule has 0 atom stereocenters. The topological polar surface area (TPSA) is 144 Å². The SMILES string of the molecule is C=CCCN(CCCN(c1nc2oc(-c3ccc(F)cc3)c(C(N)=O)c2cc1CI)S(C)(=O)=O)S(C)(=O)=O. The zero-order chi connectivity index (χ0) is 28.3. The van der Waals surface area contributed by atoms with Gasteiger partial charge in [0.2, 0.25) is 25.8 Å². The van der Waals surface area contributed by atoms with Gasteiger partial charge in [-0.3, -0.25) is 9.10 Å². The molecule has 0 saturated carbocycles. The molecule has 38 heavy (non-hydrogen) atoms. The Kier molecular flexibility index (Phi) is 9.54. The first-order valence-corrected chi connectivity index (χ1v) is 16.6. The smallest absolute Gasteiger partial charge is 0.253 e. The lowest BCUT2D eigenvalue weighted by Crippen LogP contribution is -2.37. The number of amides is 1. The summed E-state index contributed by atoms with van der Waals surface area (Å²) in [6.45, 7) is 3.90. The minimum atomic E-state index is -3.84. The molecule has 3 aromatic rings. The van der Waals surface area contributed by atoms with Gasteiger partial charge >= 0.3 is 0 Å². The van der Waals surface area contributed by atoms with Crippen LogP contribution in [-0.2, 0) is 24.5 Å². The molecule has 206 valence electrons. The number of halogens is 2. The number of anilines is 1. The first kappa shape index (κ1) is 30.0. The van der Waals surface area contributed by atoms with Crippen molar-refractivity contribution in [3.8, 4) is 11.3 Å². The molecular formula is C24H28FIN4O6S2. The van der Waals surface area contributed by atoms with Crippen molar-refractivity contribution in [3.63, 3.8) is 0 Å². The molecule has 1 amide bonds. The maximum atomic E-state index is 13.5. The van der Waals surface area contributed by atoms with E-state index in [2.05, 4.69) is 34.2 Å². The molecule has 2 aromatic heterocycles. The van der Waals surface area contributed by atoms with Crippen LogP contribution >= 0.6 is 22.6 Å². The van der Waals surface area contributed by atoms with Crippen LogP contribution in [0.3, 0.4) is 0 Å². The number of hydrogen-bond donors (Lipinski definition) is 1. The van der Waals surface area contributed by atoms with Crippen LogP contribution in [-0.4, -0.2) is 64.2 Å². The summed E-state index contributed by atoms with van der Waals surface area (Å²) in [4.78, 5) is 16.8. The lowest BCUT2D eigenvalue weighted by atomic mass is 10.0. The second-order valence-corrected chi connectivity index (χ2v) is 13.2. The zero-order valence-corrected chi connectivity index (χ0v) is 24.6. The van der Waals surface area contributed by atoms with Gasteiger partial charge in [-0.05, 0) is 43.2 Å². The van der Waals surface area contributed by atoms with Gasteiger partial charge in [0.15, 0.2) is 0 Å². The average molecular weight is 679 g/mol. The first-order chi connectivity index (χ1) is 17.8. The van der Waals surface area contributed by atoms with Gasteiger partial charge in [0.25, 0.3) is 5.91 Å². The van der Waals surface area contributed by atoms with Crippen LogP contribution in [0.4, 0.5) is 10.2 Å². The zero-order valence-electron chi connectivity index (χ0n) is 20.9. The third-order valence-electron chi connectivity index (χ3n) is 5.69. The van der Waals surface area contributed by atoms with Crippen LogP contribution in [0.2, 0.25) is 0 Å². The highest BCUT2D eigenvalue weighted by Crippen LogP contribution is 2.36. The number of primary amides is 1. The Morgan fingerprint density at radius 2 is 1.79 bits per heavy atom. The molecule has 0 saturated heterocycles. The number of rotatable bonds is 13. The fourth-order valence-corrected chi connectivity index (χ4v) is 6.31. The van der Waals surface area contributed by atoms with Gasteiger partial charge in [-0.1, -0.05) is 28.7 Å². The predicted octanol–water partition coefficient (Wildman–Crippen LogP) is 3.66. The summed E-state index contributed by atoms with van der Waals surface area (Å²) in [5, 5.41) is 0.299. The van der Waals surface area contributed by atoms with E-state index in [0.717, 1.165) is 16.8 Å². The van der Waals surface area contributed by atoms with Gasteiger partial charge in [-0.15, -0.1) is 6.58 Å². The number of carbonyl (C=O) groups is 1. The largest absolute Gasteiger partial charge is 0.437 e. The number of sulfonamides is 2. The van der Waals surface area contributed by atoms with Gasteiger partial charge in [-0.2, -0.15) is 4.98 Å². The lowest BCUT2D eigenvalue weighted by molar-refractivity contribution is 0.100. The van der Waals surface area contributed by atoms with Crippen LogP contribution in [0.25, 0.3) is 22.4 Å². The van der Waals surface area contributed by atoms with Crippen molar-refractivity contribution in [1.82, 2.24) is 9.29 Å². The van der Waals surface area contributed by atoms with Gasteiger partial charge in [0.05, 0.1) is 23.5 Å². The first-order valence-electron chi connectivity index (χ1n) is 11.4. The monoisotopic (exact) mass is 678 g/mol. The van der Waals surface area contributed by atoms with Crippen molar-refractivity contribution >= 4 is 65.5 Å². The molecule has 0 spiro atoms. The van der Waals surface area contributed by atoms with Crippen LogP contribution in [0.15, 0.2) is 47.4 Å². The summed E-state index contributed by atoms with van der Waals surface area (Å²) in [7, 11) is -7.34. The van der Waals surface area contributed by atoms with Crippen molar-refractivity contribution in [1.29, 1.82) is 0 Å². The number of nitrogens with zero attached hydrogens (tertiary/aromatic N) is 3. The number of benzene rings is 1. The van der Waals surface area contributed by atoms with E-state index in [-0.39, 0.29) is 48.9 Å². The molecule has 0 fully saturated rings. The molecule has 3 rings (SSSR count). The Balaban J connectivity index is 2.07. The molecular weight excluding hydrogens is 650 g/mol. The number of fused-ring (bicyclic) bond motifs is 1. The summed E-state index contributed by atoms with van der Waals surface area (Å²) in [5.74, 6) is -1.06. The molecule has 0 bridgehead atoms. The molecule has 0 aliphatic carbocycles. The number of carbonyl (C=O) groups excluding carboxylic acids is 1. The highest BCUT2D eigenvalue weighted by Gasteiger charge is 2.27. The molecule has 14 heteroatoms. The van der Waals surface area contributed by atoms with E-state index in [9.17, 15) is 26.0 Å².